The van der Waals surface area contributed by atoms with E-state index < -0.39 is 0 Å². The Bertz CT molecular complexity index is 280. The summed E-state index contributed by atoms with van der Waals surface area (Å²) in [6, 6.07) is 7.87. The van der Waals surface area contributed by atoms with Crippen LogP contribution in [0.15, 0.2) is 24.3 Å². The maximum Gasteiger partial charge on any atom is 0.118 e. The van der Waals surface area contributed by atoms with Crippen LogP contribution < -0.4 is 4.74 Å². The van der Waals surface area contributed by atoms with Crippen molar-refractivity contribution >= 4 is 0 Å². The molecule has 3 nitrogen and oxygen atoms in total. The predicted octanol–water partition coefficient (Wildman–Crippen LogP) is 2.64. The highest BCUT2D eigenvalue weighted by Crippen LogP contribution is 2.11. The average molecular weight is 224 g/mol. The van der Waals surface area contributed by atoms with Gasteiger partial charge in [0.15, 0.2) is 0 Å². The van der Waals surface area contributed by atoms with Crippen molar-refractivity contribution < 1.29 is 14.2 Å². The smallest absolute Gasteiger partial charge is 0.118 e. The fourth-order valence-corrected chi connectivity index (χ4v) is 1.25. The van der Waals surface area contributed by atoms with E-state index >= 15 is 0 Å². The molecule has 1 rings (SSSR count). The van der Waals surface area contributed by atoms with E-state index in [2.05, 4.69) is 0 Å². The number of rotatable bonds is 7. The largest absolute Gasteiger partial charge is 0.497 e. The number of benzene rings is 1. The van der Waals surface area contributed by atoms with Crippen LogP contribution in [-0.2, 0) is 16.1 Å². The van der Waals surface area contributed by atoms with E-state index in [1.165, 1.54) is 0 Å². The van der Waals surface area contributed by atoms with Gasteiger partial charge in [0, 0.05) is 0 Å². The molecule has 16 heavy (non-hydrogen) atoms. The van der Waals surface area contributed by atoms with Gasteiger partial charge in [0.2, 0.25) is 0 Å². The standard InChI is InChI=1S/C13H20O3/c1-11(2)16-9-8-15-10-12-4-6-13(14-3)7-5-12/h4-7,11H,8-10H2,1-3H3. The molecule has 0 heterocycles. The molecular formula is C13H20O3. The lowest BCUT2D eigenvalue weighted by molar-refractivity contribution is 0.0143. The lowest BCUT2D eigenvalue weighted by atomic mass is 10.2. The molecule has 0 saturated carbocycles. The predicted molar refractivity (Wildman–Crippen MR) is 63.7 cm³/mol. The van der Waals surface area contributed by atoms with Crippen molar-refractivity contribution in [2.45, 2.75) is 26.6 Å². The first-order valence-electron chi connectivity index (χ1n) is 5.54. The summed E-state index contributed by atoms with van der Waals surface area (Å²) in [6.07, 6.45) is 0.268. The van der Waals surface area contributed by atoms with Crippen LogP contribution in [0.2, 0.25) is 0 Å². The van der Waals surface area contributed by atoms with E-state index in [1.54, 1.807) is 7.11 Å². The lowest BCUT2D eigenvalue weighted by Crippen LogP contribution is -2.09. The van der Waals surface area contributed by atoms with Crippen LogP contribution in [0.3, 0.4) is 0 Å². The van der Waals surface area contributed by atoms with Crippen LogP contribution in [-0.4, -0.2) is 26.4 Å². The van der Waals surface area contributed by atoms with Gasteiger partial charge in [-0.1, -0.05) is 12.1 Å². The minimum Gasteiger partial charge on any atom is -0.497 e. The second kappa shape index (κ2) is 7.25. The van der Waals surface area contributed by atoms with E-state index in [0.717, 1.165) is 11.3 Å². The lowest BCUT2D eigenvalue weighted by Gasteiger charge is -2.08. The van der Waals surface area contributed by atoms with Gasteiger partial charge in [-0.2, -0.15) is 0 Å². The Morgan fingerprint density at radius 2 is 1.75 bits per heavy atom. The molecule has 0 saturated heterocycles. The van der Waals surface area contributed by atoms with Crippen molar-refractivity contribution in [3.63, 3.8) is 0 Å². The van der Waals surface area contributed by atoms with Crippen molar-refractivity contribution in [1.29, 1.82) is 0 Å². The Hall–Kier alpha value is -1.06. The summed E-state index contributed by atoms with van der Waals surface area (Å²) in [6.45, 7) is 5.93. The SMILES string of the molecule is COc1ccc(COCCOC(C)C)cc1. The highest BCUT2D eigenvalue weighted by molar-refractivity contribution is 5.26. The zero-order chi connectivity index (χ0) is 11.8. The highest BCUT2D eigenvalue weighted by atomic mass is 16.5. The fourth-order valence-electron chi connectivity index (χ4n) is 1.25. The summed E-state index contributed by atoms with van der Waals surface area (Å²) in [7, 11) is 1.66. The molecule has 0 aromatic heterocycles. The molecule has 0 N–H and O–H groups in total. The minimum atomic E-state index is 0.268. The molecular weight excluding hydrogens is 204 g/mol. The van der Waals surface area contributed by atoms with E-state index in [0.29, 0.717) is 19.8 Å². The molecule has 0 spiro atoms. The molecule has 0 unspecified atom stereocenters. The summed E-state index contributed by atoms with van der Waals surface area (Å²) >= 11 is 0. The monoisotopic (exact) mass is 224 g/mol. The van der Waals surface area contributed by atoms with E-state index in [9.17, 15) is 0 Å². The number of hydrogen-bond donors (Lipinski definition) is 0. The molecule has 90 valence electrons. The maximum atomic E-state index is 5.48. The summed E-state index contributed by atoms with van der Waals surface area (Å²) in [5.74, 6) is 0.867. The molecule has 0 aliphatic rings. The Morgan fingerprint density at radius 1 is 1.06 bits per heavy atom. The van der Waals surface area contributed by atoms with Crippen molar-refractivity contribution in [2.75, 3.05) is 20.3 Å². The van der Waals surface area contributed by atoms with Gasteiger partial charge >= 0.3 is 0 Å². The molecule has 0 atom stereocenters. The zero-order valence-electron chi connectivity index (χ0n) is 10.2. The van der Waals surface area contributed by atoms with Crippen LogP contribution in [0.5, 0.6) is 5.75 Å². The first kappa shape index (κ1) is 13.0. The molecule has 1 aromatic carbocycles. The molecule has 0 aliphatic carbocycles. The van der Waals surface area contributed by atoms with Crippen molar-refractivity contribution in [1.82, 2.24) is 0 Å². The van der Waals surface area contributed by atoms with Gasteiger partial charge in [-0.05, 0) is 31.5 Å². The quantitative estimate of drug-likeness (QED) is 0.666. The number of hydrogen-bond acceptors (Lipinski definition) is 3. The Morgan fingerprint density at radius 3 is 2.31 bits per heavy atom. The molecule has 0 radical (unpaired) electrons. The summed E-state index contributed by atoms with van der Waals surface area (Å²) in [4.78, 5) is 0. The third kappa shape index (κ3) is 5.14. The van der Waals surface area contributed by atoms with Gasteiger partial charge in [0.1, 0.15) is 5.75 Å². The zero-order valence-corrected chi connectivity index (χ0v) is 10.2. The van der Waals surface area contributed by atoms with Crippen LogP contribution in [0.4, 0.5) is 0 Å². The average Bonchev–Trinajstić information content (AvgIpc) is 2.29. The Labute approximate surface area is 97.3 Å². The molecule has 0 aliphatic heterocycles. The van der Waals surface area contributed by atoms with E-state index in [-0.39, 0.29) is 6.10 Å². The van der Waals surface area contributed by atoms with Crippen LogP contribution in [0, 0.1) is 0 Å². The Kier molecular flexibility index (Phi) is 5.90. The third-order valence-corrected chi connectivity index (χ3v) is 2.11. The maximum absolute atomic E-state index is 5.48. The molecule has 3 heteroatoms. The van der Waals surface area contributed by atoms with Gasteiger partial charge in [0.25, 0.3) is 0 Å². The van der Waals surface area contributed by atoms with Crippen molar-refractivity contribution in [2.24, 2.45) is 0 Å². The Balaban J connectivity index is 2.16. The minimum absolute atomic E-state index is 0.268. The third-order valence-electron chi connectivity index (χ3n) is 2.11. The van der Waals surface area contributed by atoms with Crippen molar-refractivity contribution in [3.8, 4) is 5.75 Å². The van der Waals surface area contributed by atoms with Crippen molar-refractivity contribution in [3.05, 3.63) is 29.8 Å². The highest BCUT2D eigenvalue weighted by Gasteiger charge is 1.96. The van der Waals surface area contributed by atoms with Crippen LogP contribution in [0.25, 0.3) is 0 Å². The normalized spacial score (nSPS) is 10.8. The van der Waals surface area contributed by atoms with E-state index in [4.69, 9.17) is 14.2 Å². The van der Waals surface area contributed by atoms with Gasteiger partial charge < -0.3 is 14.2 Å². The second-order valence-electron chi connectivity index (χ2n) is 3.82. The van der Waals surface area contributed by atoms with Crippen LogP contribution in [0.1, 0.15) is 19.4 Å². The second-order valence-corrected chi connectivity index (χ2v) is 3.82. The molecule has 0 amide bonds. The number of methoxy groups -OCH3 is 1. The number of ether oxygens (including phenoxy) is 3. The molecule has 0 fully saturated rings. The topological polar surface area (TPSA) is 27.7 Å². The fraction of sp³-hybridized carbons (Fsp3) is 0.538. The summed E-state index contributed by atoms with van der Waals surface area (Å²) < 4.78 is 15.9. The molecule has 1 aromatic rings. The van der Waals surface area contributed by atoms with Gasteiger partial charge in [-0.15, -0.1) is 0 Å². The first-order chi connectivity index (χ1) is 7.72. The van der Waals surface area contributed by atoms with Crippen LogP contribution >= 0.6 is 0 Å². The first-order valence-corrected chi connectivity index (χ1v) is 5.54. The summed E-state index contributed by atoms with van der Waals surface area (Å²) in [5.41, 5.74) is 1.14. The molecule has 0 bridgehead atoms. The van der Waals surface area contributed by atoms with Gasteiger partial charge in [-0.3, -0.25) is 0 Å². The summed E-state index contributed by atoms with van der Waals surface area (Å²) in [5, 5.41) is 0. The van der Waals surface area contributed by atoms with E-state index in [1.807, 2.05) is 38.1 Å². The van der Waals surface area contributed by atoms with Gasteiger partial charge in [-0.25, -0.2) is 0 Å². The van der Waals surface area contributed by atoms with Gasteiger partial charge in [0.05, 0.1) is 33.0 Å².